The topological polar surface area (TPSA) is 29.9 Å². The molecule has 16 heavy (non-hydrogen) atoms. The summed E-state index contributed by atoms with van der Waals surface area (Å²) >= 11 is 6.09. The Morgan fingerprint density at radius 1 is 1.50 bits per heavy atom. The van der Waals surface area contributed by atoms with E-state index in [1.165, 1.54) is 11.1 Å². The third kappa shape index (κ3) is 1.35. The quantitative estimate of drug-likeness (QED) is 0.712. The summed E-state index contributed by atoms with van der Waals surface area (Å²) in [7, 11) is 0. The zero-order valence-electron chi connectivity index (χ0n) is 9.42. The lowest BCUT2D eigenvalue weighted by Gasteiger charge is -2.24. The predicted octanol–water partition coefficient (Wildman–Crippen LogP) is 2.66. The van der Waals surface area contributed by atoms with E-state index in [1.54, 1.807) is 0 Å². The zero-order valence-corrected chi connectivity index (χ0v) is 10.2. The van der Waals surface area contributed by atoms with Gasteiger partial charge in [0.15, 0.2) is 0 Å². The van der Waals surface area contributed by atoms with Crippen LogP contribution in [0.25, 0.3) is 11.0 Å². The Labute approximate surface area is 99.4 Å². The lowest BCUT2D eigenvalue weighted by atomic mass is 10.2. The summed E-state index contributed by atoms with van der Waals surface area (Å²) in [5.74, 6) is 0. The van der Waals surface area contributed by atoms with E-state index in [9.17, 15) is 0 Å². The lowest BCUT2D eigenvalue weighted by Crippen LogP contribution is -2.31. The molecule has 1 unspecified atom stereocenters. The van der Waals surface area contributed by atoms with Gasteiger partial charge in [0.2, 0.25) is 0 Å². The third-order valence-corrected chi connectivity index (χ3v) is 3.59. The van der Waals surface area contributed by atoms with Crippen molar-refractivity contribution in [1.82, 2.24) is 14.9 Å². The van der Waals surface area contributed by atoms with Gasteiger partial charge in [0.05, 0.1) is 0 Å². The van der Waals surface area contributed by atoms with Gasteiger partial charge in [-0.05, 0) is 31.5 Å². The van der Waals surface area contributed by atoms with Gasteiger partial charge >= 0.3 is 0 Å². The van der Waals surface area contributed by atoms with Crippen LogP contribution in [0.15, 0.2) is 12.1 Å². The first-order chi connectivity index (χ1) is 7.66. The molecule has 1 aliphatic heterocycles. The van der Waals surface area contributed by atoms with Crippen molar-refractivity contribution in [3.8, 4) is 0 Å². The molecule has 1 N–H and O–H groups in total. The maximum atomic E-state index is 6.09. The van der Waals surface area contributed by atoms with Crippen molar-refractivity contribution in [3.63, 3.8) is 0 Å². The number of aromatic nitrogens is 2. The number of halogens is 1. The monoisotopic (exact) mass is 235 g/mol. The van der Waals surface area contributed by atoms with Gasteiger partial charge in [-0.1, -0.05) is 11.6 Å². The molecule has 0 fully saturated rings. The molecule has 1 atom stereocenters. The predicted molar refractivity (Wildman–Crippen MR) is 65.9 cm³/mol. The van der Waals surface area contributed by atoms with Gasteiger partial charge in [-0.3, -0.25) is 0 Å². The minimum atomic E-state index is 0.438. The number of pyridine rings is 1. The Balaban J connectivity index is 2.34. The van der Waals surface area contributed by atoms with Crippen LogP contribution in [0.5, 0.6) is 0 Å². The molecule has 0 spiro atoms. The van der Waals surface area contributed by atoms with Crippen molar-refractivity contribution in [2.45, 2.75) is 26.4 Å². The van der Waals surface area contributed by atoms with Gasteiger partial charge < -0.3 is 9.88 Å². The van der Waals surface area contributed by atoms with Crippen molar-refractivity contribution in [2.75, 3.05) is 6.54 Å². The summed E-state index contributed by atoms with van der Waals surface area (Å²) in [6.07, 6.45) is 0. The Bertz CT molecular complexity index is 559. The van der Waals surface area contributed by atoms with Crippen LogP contribution < -0.4 is 5.32 Å². The molecule has 0 amide bonds. The number of hydrogen-bond acceptors (Lipinski definition) is 2. The van der Waals surface area contributed by atoms with E-state index in [0.717, 1.165) is 24.3 Å². The van der Waals surface area contributed by atoms with Crippen LogP contribution in [0.4, 0.5) is 0 Å². The SMILES string of the molecule is Cc1cc2cc3n(c2nc1Cl)C(C)CNC3. The van der Waals surface area contributed by atoms with E-state index in [0.29, 0.717) is 11.2 Å². The fourth-order valence-corrected chi connectivity index (χ4v) is 2.55. The minimum absolute atomic E-state index is 0.438. The summed E-state index contributed by atoms with van der Waals surface area (Å²) in [4.78, 5) is 4.50. The number of aryl methyl sites for hydroxylation is 1. The molecule has 1 aliphatic rings. The molecule has 84 valence electrons. The van der Waals surface area contributed by atoms with Crippen molar-refractivity contribution >= 4 is 22.6 Å². The molecule has 3 heterocycles. The summed E-state index contributed by atoms with van der Waals surface area (Å²) in [5.41, 5.74) is 3.35. The highest BCUT2D eigenvalue weighted by atomic mass is 35.5. The van der Waals surface area contributed by atoms with E-state index in [1.807, 2.05) is 6.92 Å². The highest BCUT2D eigenvalue weighted by molar-refractivity contribution is 6.30. The van der Waals surface area contributed by atoms with Crippen molar-refractivity contribution in [1.29, 1.82) is 0 Å². The largest absolute Gasteiger partial charge is 0.324 e. The highest BCUT2D eigenvalue weighted by Gasteiger charge is 2.19. The van der Waals surface area contributed by atoms with E-state index in [2.05, 4.69) is 33.9 Å². The minimum Gasteiger partial charge on any atom is -0.324 e. The van der Waals surface area contributed by atoms with E-state index in [-0.39, 0.29) is 0 Å². The Morgan fingerprint density at radius 2 is 2.31 bits per heavy atom. The maximum absolute atomic E-state index is 6.09. The number of nitrogens with one attached hydrogen (secondary N) is 1. The van der Waals surface area contributed by atoms with E-state index < -0.39 is 0 Å². The second-order valence-electron chi connectivity index (χ2n) is 4.49. The normalized spacial score (nSPS) is 20.1. The molecule has 2 aromatic heterocycles. The molecule has 0 aromatic carbocycles. The Morgan fingerprint density at radius 3 is 3.12 bits per heavy atom. The van der Waals surface area contributed by atoms with Crippen molar-refractivity contribution in [3.05, 3.63) is 28.5 Å². The molecular formula is C12H14ClN3. The summed E-state index contributed by atoms with van der Waals surface area (Å²) in [6.45, 7) is 6.10. The summed E-state index contributed by atoms with van der Waals surface area (Å²) < 4.78 is 2.29. The second kappa shape index (κ2) is 3.47. The Kier molecular flexibility index (Phi) is 2.19. The van der Waals surface area contributed by atoms with Crippen LogP contribution in [-0.4, -0.2) is 16.1 Å². The zero-order chi connectivity index (χ0) is 11.3. The number of hydrogen-bond donors (Lipinski definition) is 1. The first-order valence-corrected chi connectivity index (χ1v) is 5.92. The fourth-order valence-electron chi connectivity index (χ4n) is 2.42. The Hall–Kier alpha value is -1.06. The average molecular weight is 236 g/mol. The third-order valence-electron chi connectivity index (χ3n) is 3.21. The van der Waals surface area contributed by atoms with Gasteiger partial charge in [-0.15, -0.1) is 0 Å². The van der Waals surface area contributed by atoms with Gasteiger partial charge in [0.1, 0.15) is 10.8 Å². The van der Waals surface area contributed by atoms with Crippen molar-refractivity contribution < 1.29 is 0 Å². The molecule has 0 saturated carbocycles. The van der Waals surface area contributed by atoms with Gasteiger partial charge in [-0.2, -0.15) is 0 Å². The van der Waals surface area contributed by atoms with Crippen LogP contribution in [-0.2, 0) is 6.54 Å². The van der Waals surface area contributed by atoms with Crippen LogP contribution in [0.2, 0.25) is 5.15 Å². The molecule has 0 saturated heterocycles. The molecule has 4 heteroatoms. The number of rotatable bonds is 0. The molecular weight excluding hydrogens is 222 g/mol. The fraction of sp³-hybridized carbons (Fsp3) is 0.417. The molecule has 3 nitrogen and oxygen atoms in total. The molecule has 0 bridgehead atoms. The maximum Gasteiger partial charge on any atom is 0.142 e. The summed E-state index contributed by atoms with van der Waals surface area (Å²) in [6, 6.07) is 4.75. The van der Waals surface area contributed by atoms with Crippen LogP contribution in [0.1, 0.15) is 24.2 Å². The molecule has 3 rings (SSSR count). The van der Waals surface area contributed by atoms with Crippen LogP contribution in [0.3, 0.4) is 0 Å². The number of nitrogens with zero attached hydrogens (tertiary/aromatic N) is 2. The first-order valence-electron chi connectivity index (χ1n) is 5.54. The van der Waals surface area contributed by atoms with Gasteiger partial charge in [0.25, 0.3) is 0 Å². The highest BCUT2D eigenvalue weighted by Crippen LogP contribution is 2.27. The molecule has 0 aliphatic carbocycles. The average Bonchev–Trinajstić information content (AvgIpc) is 2.58. The smallest absolute Gasteiger partial charge is 0.142 e. The summed E-state index contributed by atoms with van der Waals surface area (Å²) in [5, 5.41) is 5.20. The first kappa shape index (κ1) is 10.1. The van der Waals surface area contributed by atoms with E-state index >= 15 is 0 Å². The van der Waals surface area contributed by atoms with Gasteiger partial charge in [-0.25, -0.2) is 4.98 Å². The van der Waals surface area contributed by atoms with Crippen LogP contribution >= 0.6 is 11.6 Å². The van der Waals surface area contributed by atoms with Gasteiger partial charge in [0, 0.05) is 30.2 Å². The second-order valence-corrected chi connectivity index (χ2v) is 4.85. The molecule has 2 aromatic rings. The van der Waals surface area contributed by atoms with E-state index in [4.69, 9.17) is 11.6 Å². The standard InChI is InChI=1S/C12H14ClN3/c1-7-3-9-4-10-6-14-5-8(2)16(10)12(9)15-11(7)13/h3-4,8,14H,5-6H2,1-2H3. The molecule has 0 radical (unpaired) electrons. The van der Waals surface area contributed by atoms with Crippen molar-refractivity contribution in [2.24, 2.45) is 0 Å². The number of fused-ring (bicyclic) bond motifs is 3. The lowest BCUT2D eigenvalue weighted by molar-refractivity contribution is 0.437. The van der Waals surface area contributed by atoms with Crippen LogP contribution in [0, 0.1) is 6.92 Å².